The lowest BCUT2D eigenvalue weighted by atomic mass is 9.98. The summed E-state index contributed by atoms with van der Waals surface area (Å²) in [7, 11) is 0. The molecule has 1 unspecified atom stereocenters. The fraction of sp³-hybridized carbons (Fsp3) is 0.280. The van der Waals surface area contributed by atoms with Crippen molar-refractivity contribution in [3.05, 3.63) is 65.3 Å². The molecule has 0 N–H and O–H groups in total. The Morgan fingerprint density at radius 2 is 1.91 bits per heavy atom. The van der Waals surface area contributed by atoms with Crippen molar-refractivity contribution >= 4 is 34.2 Å². The lowest BCUT2D eigenvalue weighted by molar-refractivity contribution is -0.131. The van der Waals surface area contributed by atoms with E-state index in [4.69, 9.17) is 11.6 Å². The van der Waals surface area contributed by atoms with Gasteiger partial charge in [0.15, 0.2) is 5.78 Å². The summed E-state index contributed by atoms with van der Waals surface area (Å²) in [6.45, 7) is 1.26. The lowest BCUT2D eigenvalue weighted by Crippen LogP contribution is -2.36. The van der Waals surface area contributed by atoms with Gasteiger partial charge in [0.1, 0.15) is 11.7 Å². The normalized spacial score (nSPS) is 20.3. The molecule has 2 aromatic carbocycles. The summed E-state index contributed by atoms with van der Waals surface area (Å²) in [4.78, 5) is 31.2. The zero-order valence-corrected chi connectivity index (χ0v) is 18.3. The number of likely N-dealkylation sites (tertiary alicyclic amines) is 1. The number of benzene rings is 2. The molecule has 3 aromatic rings. The molecule has 0 radical (unpaired) electrons. The first kappa shape index (κ1) is 21.9. The monoisotopic (exact) mass is 449 g/mol. The molecule has 1 aliphatic heterocycles. The van der Waals surface area contributed by atoms with E-state index in [1.54, 1.807) is 24.4 Å². The van der Waals surface area contributed by atoms with Gasteiger partial charge >= 0.3 is 0 Å². The Labute approximate surface area is 190 Å². The maximum Gasteiger partial charge on any atom is 0.224 e. The first-order valence-corrected chi connectivity index (χ1v) is 10.7. The van der Waals surface area contributed by atoms with Crippen LogP contribution in [0.15, 0.2) is 54.7 Å². The van der Waals surface area contributed by atoms with Gasteiger partial charge < -0.3 is 4.90 Å². The van der Waals surface area contributed by atoms with Crippen LogP contribution in [-0.2, 0) is 4.79 Å². The molecule has 1 fully saturated rings. The molecule has 32 heavy (non-hydrogen) atoms. The average molecular weight is 450 g/mol. The van der Waals surface area contributed by atoms with E-state index >= 15 is 0 Å². The largest absolute Gasteiger partial charge is 0.323 e. The first-order valence-electron chi connectivity index (χ1n) is 10.3. The Bertz CT molecular complexity index is 1230. The van der Waals surface area contributed by atoms with Crippen LogP contribution in [0.2, 0.25) is 5.02 Å². The van der Waals surface area contributed by atoms with Crippen molar-refractivity contribution in [1.82, 2.24) is 9.88 Å². The molecule has 0 spiro atoms. The fourth-order valence-electron chi connectivity index (χ4n) is 4.13. The van der Waals surface area contributed by atoms with Crippen LogP contribution >= 0.6 is 11.6 Å². The van der Waals surface area contributed by atoms with Crippen LogP contribution in [0.4, 0.5) is 4.39 Å². The minimum absolute atomic E-state index is 0.00828. The van der Waals surface area contributed by atoms with Crippen LogP contribution in [0.5, 0.6) is 0 Å². The second-order valence-electron chi connectivity index (χ2n) is 8.30. The summed E-state index contributed by atoms with van der Waals surface area (Å²) >= 11 is 5.98. The number of nitrogens with zero attached hydrogens (tertiary/aromatic N) is 3. The minimum Gasteiger partial charge on any atom is -0.323 e. The molecule has 0 aliphatic carbocycles. The van der Waals surface area contributed by atoms with Gasteiger partial charge in [-0.1, -0.05) is 29.8 Å². The van der Waals surface area contributed by atoms with Gasteiger partial charge in [-0.15, -0.1) is 0 Å². The number of rotatable bonds is 5. The summed E-state index contributed by atoms with van der Waals surface area (Å²) in [6, 6.07) is 15.9. The number of carbonyl (C=O) groups excluding carboxylic acids is 2. The van der Waals surface area contributed by atoms with E-state index in [0.717, 1.165) is 11.1 Å². The van der Waals surface area contributed by atoms with E-state index in [1.165, 1.54) is 11.8 Å². The molecule has 1 aliphatic rings. The highest BCUT2D eigenvalue weighted by molar-refractivity contribution is 6.30. The average Bonchev–Trinajstić information content (AvgIpc) is 3.11. The number of aromatic nitrogens is 1. The predicted molar refractivity (Wildman–Crippen MR) is 121 cm³/mol. The van der Waals surface area contributed by atoms with Crippen molar-refractivity contribution in [3.8, 4) is 17.2 Å². The number of nitriles is 1. The minimum atomic E-state index is -1.58. The number of alkyl halides is 1. The van der Waals surface area contributed by atoms with Crippen molar-refractivity contribution in [3.63, 3.8) is 0 Å². The van der Waals surface area contributed by atoms with E-state index in [1.807, 2.05) is 36.4 Å². The van der Waals surface area contributed by atoms with E-state index < -0.39 is 11.7 Å². The van der Waals surface area contributed by atoms with Crippen LogP contribution in [-0.4, -0.2) is 39.8 Å². The Morgan fingerprint density at radius 1 is 1.19 bits per heavy atom. The highest BCUT2D eigenvalue weighted by Gasteiger charge is 2.43. The standard InChI is InChI=1S/C25H21ClFN3O2/c1-25(27)13-19(14-28)30(15-25)24(32)9-8-23(31)20-10-11-29-22-7-4-17(12-21(20)22)16-2-5-18(26)6-3-16/h2-7,10-12,19H,8-9,13,15H2,1H3/t19-,25?/m0/s1. The van der Waals surface area contributed by atoms with Crippen molar-refractivity contribution in [2.24, 2.45) is 0 Å². The van der Waals surface area contributed by atoms with Gasteiger partial charge in [0.25, 0.3) is 0 Å². The molecule has 1 amide bonds. The molecule has 0 saturated carbocycles. The van der Waals surface area contributed by atoms with Crippen molar-refractivity contribution < 1.29 is 14.0 Å². The maximum atomic E-state index is 14.3. The number of hydrogen-bond donors (Lipinski definition) is 0. The van der Waals surface area contributed by atoms with E-state index in [0.29, 0.717) is 21.5 Å². The summed E-state index contributed by atoms with van der Waals surface area (Å²) in [5.41, 5.74) is 1.45. The number of fused-ring (bicyclic) bond motifs is 1. The van der Waals surface area contributed by atoms with Crippen LogP contribution < -0.4 is 0 Å². The molecular weight excluding hydrogens is 429 g/mol. The molecule has 162 valence electrons. The van der Waals surface area contributed by atoms with Gasteiger partial charge in [-0.2, -0.15) is 5.26 Å². The quantitative estimate of drug-likeness (QED) is 0.491. The lowest BCUT2D eigenvalue weighted by Gasteiger charge is -2.19. The molecule has 4 rings (SSSR count). The van der Waals surface area contributed by atoms with Crippen LogP contribution in [0, 0.1) is 11.3 Å². The summed E-state index contributed by atoms with van der Waals surface area (Å²) < 4.78 is 14.3. The topological polar surface area (TPSA) is 74.1 Å². The highest BCUT2D eigenvalue weighted by Crippen LogP contribution is 2.31. The molecule has 2 atom stereocenters. The Kier molecular flexibility index (Phi) is 5.94. The maximum absolute atomic E-state index is 14.3. The van der Waals surface area contributed by atoms with E-state index in [-0.39, 0.29) is 37.5 Å². The molecule has 2 heterocycles. The summed E-state index contributed by atoms with van der Waals surface area (Å²) in [5.74, 6) is -0.582. The smallest absolute Gasteiger partial charge is 0.224 e. The Hall–Kier alpha value is -3.30. The van der Waals surface area contributed by atoms with Gasteiger partial charge in [0.05, 0.1) is 18.1 Å². The van der Waals surface area contributed by atoms with Gasteiger partial charge in [-0.05, 0) is 48.4 Å². The summed E-state index contributed by atoms with van der Waals surface area (Å²) in [5, 5.41) is 10.6. The molecule has 7 heteroatoms. The second kappa shape index (κ2) is 8.68. The first-order chi connectivity index (χ1) is 15.3. The van der Waals surface area contributed by atoms with Crippen LogP contribution in [0.1, 0.15) is 36.5 Å². The summed E-state index contributed by atoms with van der Waals surface area (Å²) in [6.07, 6.45) is 1.46. The number of halogens is 2. The van der Waals surface area contributed by atoms with Crippen LogP contribution in [0.3, 0.4) is 0 Å². The fourth-order valence-corrected chi connectivity index (χ4v) is 4.26. The second-order valence-corrected chi connectivity index (χ2v) is 8.74. The van der Waals surface area contributed by atoms with Crippen LogP contribution in [0.25, 0.3) is 22.0 Å². The third-order valence-corrected chi connectivity index (χ3v) is 6.00. The Balaban J connectivity index is 1.54. The molecular formula is C25H21ClFN3O2. The molecule has 5 nitrogen and oxygen atoms in total. The van der Waals surface area contributed by atoms with E-state index in [9.17, 15) is 19.2 Å². The van der Waals surface area contributed by atoms with Gasteiger partial charge in [0, 0.05) is 41.4 Å². The van der Waals surface area contributed by atoms with E-state index in [2.05, 4.69) is 4.98 Å². The number of amides is 1. The highest BCUT2D eigenvalue weighted by atomic mass is 35.5. The zero-order valence-electron chi connectivity index (χ0n) is 17.5. The number of pyridine rings is 1. The van der Waals surface area contributed by atoms with Gasteiger partial charge in [-0.3, -0.25) is 14.6 Å². The zero-order chi connectivity index (χ0) is 22.9. The molecule has 1 aromatic heterocycles. The number of hydrogen-bond acceptors (Lipinski definition) is 4. The predicted octanol–water partition coefficient (Wildman–Crippen LogP) is 5.37. The Morgan fingerprint density at radius 3 is 2.62 bits per heavy atom. The number of carbonyl (C=O) groups is 2. The third-order valence-electron chi connectivity index (χ3n) is 5.75. The molecule has 1 saturated heterocycles. The third kappa shape index (κ3) is 4.49. The van der Waals surface area contributed by atoms with Crippen molar-refractivity contribution in [2.75, 3.05) is 6.54 Å². The SMILES string of the molecule is CC1(F)C[C@@H](C#N)N(C(=O)CCC(=O)c2ccnc3ccc(-c4ccc(Cl)cc4)cc23)C1. The van der Waals surface area contributed by atoms with Gasteiger partial charge in [0.2, 0.25) is 5.91 Å². The van der Waals surface area contributed by atoms with Crippen molar-refractivity contribution in [1.29, 1.82) is 5.26 Å². The van der Waals surface area contributed by atoms with Crippen molar-refractivity contribution in [2.45, 2.75) is 37.9 Å². The number of ketones is 1. The molecule has 0 bridgehead atoms. The van der Waals surface area contributed by atoms with Gasteiger partial charge in [-0.25, -0.2) is 4.39 Å². The number of Topliss-reactive ketones (excluding diaryl/α,β-unsaturated/α-hetero) is 1.